The Morgan fingerprint density at radius 1 is 1.15 bits per heavy atom. The molecule has 10 heteroatoms. The fraction of sp³-hybridized carbons (Fsp3) is 0.412. The molecule has 0 spiro atoms. The van der Waals surface area contributed by atoms with Crippen LogP contribution in [0.1, 0.15) is 17.7 Å². The number of benzene rings is 1. The lowest BCUT2D eigenvalue weighted by atomic mass is 9.79. The molecule has 0 bridgehead atoms. The zero-order valence-corrected chi connectivity index (χ0v) is 15.8. The van der Waals surface area contributed by atoms with E-state index < -0.39 is 32.4 Å². The predicted octanol–water partition coefficient (Wildman–Crippen LogP) is 3.67. The van der Waals surface area contributed by atoms with Crippen LogP contribution in [0.25, 0.3) is 0 Å². The van der Waals surface area contributed by atoms with Gasteiger partial charge in [-0.05, 0) is 36.4 Å². The van der Waals surface area contributed by atoms with E-state index in [1.54, 1.807) is 0 Å². The Balaban J connectivity index is 1.84. The van der Waals surface area contributed by atoms with Gasteiger partial charge in [-0.3, -0.25) is 0 Å². The van der Waals surface area contributed by atoms with Crippen molar-refractivity contribution in [3.05, 3.63) is 46.7 Å². The van der Waals surface area contributed by atoms with Crippen LogP contribution in [0, 0.1) is 0 Å². The van der Waals surface area contributed by atoms with E-state index in [0.29, 0.717) is 26.1 Å². The summed E-state index contributed by atoms with van der Waals surface area (Å²) in [7, 11) is -4.20. The first kappa shape index (κ1) is 20.1. The van der Waals surface area contributed by atoms with Gasteiger partial charge in [0.25, 0.3) is 0 Å². The molecule has 1 N–H and O–H groups in total. The monoisotopic (exact) mass is 421 g/mol. The molecule has 0 radical (unpaired) electrons. The summed E-state index contributed by atoms with van der Waals surface area (Å²) in [4.78, 5) is 0.476. The molecule has 0 aliphatic carbocycles. The van der Waals surface area contributed by atoms with E-state index in [9.17, 15) is 21.6 Å². The third-order valence-corrected chi connectivity index (χ3v) is 7.02. The van der Waals surface area contributed by atoms with Gasteiger partial charge in [-0.25, -0.2) is 13.1 Å². The fourth-order valence-corrected chi connectivity index (χ4v) is 5.29. The van der Waals surface area contributed by atoms with Crippen LogP contribution >= 0.6 is 11.3 Å². The first-order chi connectivity index (χ1) is 12.7. The Hall–Kier alpha value is -1.62. The van der Waals surface area contributed by atoms with E-state index >= 15 is 0 Å². The lowest BCUT2D eigenvalue weighted by Crippen LogP contribution is -2.44. The summed E-state index contributed by atoms with van der Waals surface area (Å²) in [5, 5.41) is 1.91. The summed E-state index contributed by atoms with van der Waals surface area (Å²) in [6, 6.07) is 8.52. The van der Waals surface area contributed by atoms with Gasteiger partial charge in [0, 0.05) is 30.1 Å². The zero-order chi connectivity index (χ0) is 19.5. The van der Waals surface area contributed by atoms with E-state index in [1.165, 1.54) is 23.5 Å². The lowest BCUT2D eigenvalue weighted by molar-refractivity contribution is -0.275. The quantitative estimate of drug-likeness (QED) is 0.773. The van der Waals surface area contributed by atoms with Crippen LogP contribution in [0.3, 0.4) is 0 Å². The first-order valence-corrected chi connectivity index (χ1v) is 10.5. The number of nitrogens with one attached hydrogen (secondary N) is 1. The predicted molar refractivity (Wildman–Crippen MR) is 94.4 cm³/mol. The normalized spacial score (nSPS) is 17.6. The summed E-state index contributed by atoms with van der Waals surface area (Å²) >= 11 is 1.52. The van der Waals surface area contributed by atoms with Gasteiger partial charge in [-0.15, -0.1) is 24.5 Å². The molecule has 0 atom stereocenters. The second kappa shape index (κ2) is 7.78. The van der Waals surface area contributed by atoms with E-state index in [1.807, 2.05) is 17.5 Å². The molecule has 1 aliphatic rings. The van der Waals surface area contributed by atoms with Crippen molar-refractivity contribution in [3.63, 3.8) is 0 Å². The molecule has 0 unspecified atom stereocenters. The van der Waals surface area contributed by atoms with Crippen molar-refractivity contribution >= 4 is 21.4 Å². The Morgan fingerprint density at radius 2 is 1.85 bits per heavy atom. The molecule has 5 nitrogen and oxygen atoms in total. The van der Waals surface area contributed by atoms with Crippen LogP contribution in [-0.4, -0.2) is 34.5 Å². The van der Waals surface area contributed by atoms with Crippen LogP contribution in [0.2, 0.25) is 0 Å². The number of alkyl halides is 3. The molecule has 27 heavy (non-hydrogen) atoms. The van der Waals surface area contributed by atoms with Crippen molar-refractivity contribution in [2.45, 2.75) is 29.5 Å². The number of sulfonamides is 1. The Kier molecular flexibility index (Phi) is 5.80. The van der Waals surface area contributed by atoms with Crippen molar-refractivity contribution in [3.8, 4) is 5.75 Å². The molecular weight excluding hydrogens is 403 g/mol. The highest BCUT2D eigenvalue weighted by Gasteiger charge is 2.38. The highest BCUT2D eigenvalue weighted by molar-refractivity contribution is 7.89. The second-order valence-electron chi connectivity index (χ2n) is 6.19. The molecule has 1 aliphatic heterocycles. The topological polar surface area (TPSA) is 64.6 Å². The fourth-order valence-electron chi connectivity index (χ4n) is 3.04. The number of halogens is 3. The first-order valence-electron chi connectivity index (χ1n) is 8.18. The Labute approximate surface area is 159 Å². The number of para-hydroxylation sites is 1. The summed E-state index contributed by atoms with van der Waals surface area (Å²) in [5.74, 6) is -0.755. The molecule has 2 aromatic rings. The largest absolute Gasteiger partial charge is 0.573 e. The van der Waals surface area contributed by atoms with Crippen LogP contribution in [0.5, 0.6) is 5.75 Å². The second-order valence-corrected chi connectivity index (χ2v) is 8.87. The maximum atomic E-state index is 12.7. The van der Waals surface area contributed by atoms with Crippen LogP contribution in [-0.2, 0) is 20.2 Å². The minimum absolute atomic E-state index is 0.0690. The van der Waals surface area contributed by atoms with Gasteiger partial charge in [0.05, 0.1) is 0 Å². The molecule has 0 amide bonds. The molecule has 148 valence electrons. The molecule has 3 rings (SSSR count). The Morgan fingerprint density at radius 3 is 2.48 bits per heavy atom. The smallest absolute Gasteiger partial charge is 0.404 e. The lowest BCUT2D eigenvalue weighted by Gasteiger charge is -2.36. The molecular formula is C17H18F3NO4S2. The zero-order valence-electron chi connectivity index (χ0n) is 14.2. The van der Waals surface area contributed by atoms with E-state index in [4.69, 9.17) is 4.74 Å². The SMILES string of the molecule is O=S(=O)(NCC1(c2cccs2)CCOCC1)c1ccccc1OC(F)(F)F. The standard InChI is InChI=1S/C17H18F3NO4S2/c18-17(19,20)25-13-4-1-2-5-14(13)27(22,23)21-12-16(7-9-24-10-8-16)15-6-3-11-26-15/h1-6,11,21H,7-10,12H2. The van der Waals surface area contributed by atoms with Crippen LogP contribution < -0.4 is 9.46 Å². The minimum Gasteiger partial charge on any atom is -0.404 e. The summed E-state index contributed by atoms with van der Waals surface area (Å²) in [6.45, 7) is 1.06. The van der Waals surface area contributed by atoms with Crippen LogP contribution in [0.15, 0.2) is 46.7 Å². The maximum Gasteiger partial charge on any atom is 0.573 e. The van der Waals surface area contributed by atoms with Gasteiger partial charge in [0.2, 0.25) is 10.0 Å². The van der Waals surface area contributed by atoms with Crippen molar-refractivity contribution in [2.24, 2.45) is 0 Å². The Bertz CT molecular complexity index is 861. The number of ether oxygens (including phenoxy) is 2. The number of rotatable bonds is 6. The van der Waals surface area contributed by atoms with Gasteiger partial charge in [0.15, 0.2) is 0 Å². The molecule has 0 saturated carbocycles. The van der Waals surface area contributed by atoms with Crippen molar-refractivity contribution < 1.29 is 31.1 Å². The highest BCUT2D eigenvalue weighted by Crippen LogP contribution is 2.37. The maximum absolute atomic E-state index is 12.7. The molecule has 2 heterocycles. The molecule has 1 aromatic heterocycles. The highest BCUT2D eigenvalue weighted by atomic mass is 32.2. The van der Waals surface area contributed by atoms with Gasteiger partial charge in [-0.2, -0.15) is 0 Å². The van der Waals surface area contributed by atoms with E-state index in [2.05, 4.69) is 9.46 Å². The number of thiophene rings is 1. The number of hydrogen-bond donors (Lipinski definition) is 1. The average molecular weight is 421 g/mol. The third-order valence-electron chi connectivity index (χ3n) is 4.46. The van der Waals surface area contributed by atoms with Crippen molar-refractivity contribution in [1.82, 2.24) is 4.72 Å². The van der Waals surface area contributed by atoms with Gasteiger partial charge in [-0.1, -0.05) is 18.2 Å². The van der Waals surface area contributed by atoms with Gasteiger partial charge in [0.1, 0.15) is 10.6 Å². The van der Waals surface area contributed by atoms with Gasteiger partial charge >= 0.3 is 6.36 Å². The van der Waals surface area contributed by atoms with Crippen molar-refractivity contribution in [1.29, 1.82) is 0 Å². The molecule has 1 aromatic carbocycles. The number of hydrogen-bond acceptors (Lipinski definition) is 5. The van der Waals surface area contributed by atoms with Gasteiger partial charge < -0.3 is 9.47 Å². The average Bonchev–Trinajstić information content (AvgIpc) is 3.15. The summed E-state index contributed by atoms with van der Waals surface area (Å²) in [6.07, 6.45) is -3.74. The van der Waals surface area contributed by atoms with E-state index in [0.717, 1.165) is 17.0 Å². The minimum atomic E-state index is -4.98. The van der Waals surface area contributed by atoms with E-state index in [-0.39, 0.29) is 6.54 Å². The molecule has 1 saturated heterocycles. The third kappa shape index (κ3) is 4.81. The van der Waals surface area contributed by atoms with Crippen LogP contribution in [0.4, 0.5) is 13.2 Å². The summed E-state index contributed by atoms with van der Waals surface area (Å²) in [5.41, 5.74) is -0.445. The molecule has 1 fully saturated rings. The van der Waals surface area contributed by atoms with Crippen molar-refractivity contribution in [2.75, 3.05) is 19.8 Å². The summed E-state index contributed by atoms with van der Waals surface area (Å²) < 4.78 is 74.9.